The Morgan fingerprint density at radius 3 is 1.76 bits per heavy atom. The van der Waals surface area contributed by atoms with E-state index in [0.717, 1.165) is 38.8 Å². The largest absolute Gasteiger partial charge is 0.508 e. The second kappa shape index (κ2) is 39.9. The van der Waals surface area contributed by atoms with Gasteiger partial charge in [0.05, 0.1) is 0 Å². The van der Waals surface area contributed by atoms with Crippen LogP contribution in [0.2, 0.25) is 0 Å². The van der Waals surface area contributed by atoms with Gasteiger partial charge in [0.2, 0.25) is 0 Å². The molecule has 3 rings (SSSR count). The molecule has 0 saturated heterocycles. The van der Waals surface area contributed by atoms with Crippen LogP contribution in [0.3, 0.4) is 0 Å². The molecule has 0 aromatic heterocycles. The number of hydrogen-bond donors (Lipinski definition) is 0. The fraction of sp³-hybridized carbons (Fsp3) is 0.512. The van der Waals surface area contributed by atoms with Crippen molar-refractivity contribution in [1.29, 1.82) is 0 Å². The van der Waals surface area contributed by atoms with Crippen molar-refractivity contribution in [2.24, 2.45) is 0 Å². The summed E-state index contributed by atoms with van der Waals surface area (Å²) >= 11 is 0. The molecule has 264 valence electrons. The standard InChI is InChI=1S/C21H29N2.C9H12N.C4H10.3C2H6.CH3.Pd/c1-4-7-8-9-10-11-15-22-16-17-23(18-22)21-19(5-2)13-12-14-20(21)6-3;1-10(2)8-9-6-4-3-5-7-9;1-3-4-2;3*1-2;;/h7-10,12-14,16-18H,4-6,11,15H2,1-3H3;3-6H,8H2,1-2H3;3-4H2,1-2H3;3*1-2H3;1H3;/q2*-1;;;;;-1;/b8-7+,10-9-;;;;;;;. The minimum absolute atomic E-state index is 0. The van der Waals surface area contributed by atoms with Crippen molar-refractivity contribution >= 4 is 5.69 Å². The molecule has 1 aliphatic heterocycles. The summed E-state index contributed by atoms with van der Waals surface area (Å²) in [5.74, 6) is 0. The maximum Gasteiger partial charge on any atom is 0.0189 e. The number of allylic oxidation sites excluding steroid dienone is 3. The van der Waals surface area contributed by atoms with Crippen LogP contribution >= 0.6 is 0 Å². The Morgan fingerprint density at radius 1 is 0.756 bits per heavy atom. The van der Waals surface area contributed by atoms with Gasteiger partial charge < -0.3 is 22.1 Å². The summed E-state index contributed by atoms with van der Waals surface area (Å²) in [7, 11) is 4.11. The first-order valence-electron chi connectivity index (χ1n) is 17.1. The summed E-state index contributed by atoms with van der Waals surface area (Å²) in [6, 6.07) is 17.9. The summed E-state index contributed by atoms with van der Waals surface area (Å²) in [6.45, 7) is 27.2. The molecule has 0 spiro atoms. The second-order valence-electron chi connectivity index (χ2n) is 9.37. The Morgan fingerprint density at radius 2 is 1.31 bits per heavy atom. The predicted octanol–water partition coefficient (Wildman–Crippen LogP) is 12.3. The topological polar surface area (TPSA) is 9.72 Å². The fourth-order valence-corrected chi connectivity index (χ4v) is 3.69. The summed E-state index contributed by atoms with van der Waals surface area (Å²) < 4.78 is 0. The van der Waals surface area contributed by atoms with Gasteiger partial charge in [-0.15, -0.1) is 5.56 Å². The number of benzene rings is 2. The van der Waals surface area contributed by atoms with Crippen molar-refractivity contribution < 1.29 is 20.4 Å². The zero-order valence-corrected chi connectivity index (χ0v) is 33.5. The molecule has 0 saturated carbocycles. The summed E-state index contributed by atoms with van der Waals surface area (Å²) in [5, 5.41) is 0. The van der Waals surface area contributed by atoms with Crippen LogP contribution in [0.1, 0.15) is 119 Å². The van der Waals surface area contributed by atoms with E-state index >= 15 is 0 Å². The molecule has 45 heavy (non-hydrogen) atoms. The fourth-order valence-electron chi connectivity index (χ4n) is 3.69. The molecule has 0 bridgehead atoms. The van der Waals surface area contributed by atoms with Crippen LogP contribution in [0.25, 0.3) is 0 Å². The minimum Gasteiger partial charge on any atom is -0.508 e. The molecule has 0 radical (unpaired) electrons. The van der Waals surface area contributed by atoms with Crippen LogP contribution in [0, 0.1) is 20.2 Å². The zero-order chi connectivity index (χ0) is 33.3. The molecule has 0 fully saturated rings. The first-order chi connectivity index (χ1) is 21.0. The molecular formula is C41H72N3Pd-3. The van der Waals surface area contributed by atoms with Gasteiger partial charge in [0.15, 0.2) is 0 Å². The van der Waals surface area contributed by atoms with E-state index in [1.54, 1.807) is 0 Å². The van der Waals surface area contributed by atoms with Gasteiger partial charge in [-0.1, -0.05) is 132 Å². The molecule has 1 heterocycles. The van der Waals surface area contributed by atoms with Gasteiger partial charge in [-0.3, -0.25) is 0 Å². The number of nitrogens with zero attached hydrogens (tertiary/aromatic N) is 3. The van der Waals surface area contributed by atoms with E-state index in [-0.39, 0.29) is 27.8 Å². The van der Waals surface area contributed by atoms with E-state index in [4.69, 9.17) is 0 Å². The number of para-hydroxylation sites is 1. The van der Waals surface area contributed by atoms with Gasteiger partial charge in [-0.05, 0) is 69.9 Å². The number of unbranched alkanes of at least 4 members (excludes halogenated alkanes) is 1. The Balaban J connectivity index is -0.000000203. The number of anilines is 1. The third kappa shape index (κ3) is 26.8. The van der Waals surface area contributed by atoms with E-state index in [9.17, 15) is 0 Å². The molecule has 3 nitrogen and oxygen atoms in total. The van der Waals surface area contributed by atoms with Gasteiger partial charge in [0, 0.05) is 32.7 Å². The minimum atomic E-state index is 0. The predicted molar refractivity (Wildman–Crippen MR) is 205 cm³/mol. The average Bonchev–Trinajstić information content (AvgIpc) is 3.54. The maximum absolute atomic E-state index is 3.16. The van der Waals surface area contributed by atoms with Gasteiger partial charge in [0.1, 0.15) is 0 Å². The van der Waals surface area contributed by atoms with Crippen molar-refractivity contribution in [3.63, 3.8) is 0 Å². The Labute approximate surface area is 297 Å². The molecule has 2 aromatic carbocycles. The van der Waals surface area contributed by atoms with Crippen LogP contribution in [0.15, 0.2) is 79.2 Å². The van der Waals surface area contributed by atoms with Gasteiger partial charge in [-0.25, -0.2) is 0 Å². The summed E-state index contributed by atoms with van der Waals surface area (Å²) in [5.41, 5.74) is 5.43. The Hall–Kier alpha value is -2.12. The van der Waals surface area contributed by atoms with E-state index in [1.165, 1.54) is 35.2 Å². The molecule has 0 aliphatic carbocycles. The smallest absolute Gasteiger partial charge is 0.0189 e. The normalized spacial score (nSPS) is 10.9. The van der Waals surface area contributed by atoms with Gasteiger partial charge in [0.25, 0.3) is 0 Å². The van der Waals surface area contributed by atoms with Crippen molar-refractivity contribution in [1.82, 2.24) is 9.80 Å². The molecule has 0 unspecified atom stereocenters. The number of rotatable bonds is 11. The third-order valence-corrected chi connectivity index (χ3v) is 5.85. The first-order valence-corrected chi connectivity index (χ1v) is 17.1. The quantitative estimate of drug-likeness (QED) is 0.130. The van der Waals surface area contributed by atoms with E-state index < -0.39 is 0 Å². The Bertz CT molecular complexity index is 895. The molecule has 0 N–H and O–H groups in total. The van der Waals surface area contributed by atoms with Crippen LogP contribution in [0.4, 0.5) is 5.69 Å². The van der Waals surface area contributed by atoms with Gasteiger partial charge >= 0.3 is 0 Å². The summed E-state index contributed by atoms with van der Waals surface area (Å²) in [4.78, 5) is 6.67. The van der Waals surface area contributed by atoms with E-state index in [2.05, 4.69) is 137 Å². The second-order valence-corrected chi connectivity index (χ2v) is 9.37. The van der Waals surface area contributed by atoms with Crippen LogP contribution in [-0.4, -0.2) is 30.4 Å². The van der Waals surface area contributed by atoms with E-state index in [0.29, 0.717) is 0 Å². The third-order valence-electron chi connectivity index (χ3n) is 5.85. The van der Waals surface area contributed by atoms with Gasteiger partial charge in [-0.2, -0.15) is 37.0 Å². The molecule has 2 aromatic rings. The monoisotopic (exact) mass is 712 g/mol. The van der Waals surface area contributed by atoms with Crippen LogP contribution in [0.5, 0.6) is 0 Å². The molecule has 0 atom stereocenters. The zero-order valence-electron chi connectivity index (χ0n) is 31.9. The number of hydrogen-bond acceptors (Lipinski definition) is 3. The number of aryl methyl sites for hydroxylation is 2. The van der Waals surface area contributed by atoms with Crippen molar-refractivity contribution in [2.45, 2.75) is 121 Å². The van der Waals surface area contributed by atoms with Crippen molar-refractivity contribution in [3.05, 3.63) is 116 Å². The molecule has 4 heteroatoms. The maximum atomic E-state index is 3.16. The van der Waals surface area contributed by atoms with Crippen LogP contribution in [-0.2, 0) is 39.8 Å². The molecular weight excluding hydrogens is 641 g/mol. The van der Waals surface area contributed by atoms with Crippen molar-refractivity contribution in [3.8, 4) is 0 Å². The van der Waals surface area contributed by atoms with Crippen molar-refractivity contribution in [2.75, 3.05) is 25.5 Å². The Kier molecular flexibility index (Phi) is 46.5. The van der Waals surface area contributed by atoms with E-state index in [1.807, 2.05) is 59.7 Å². The van der Waals surface area contributed by atoms with Crippen LogP contribution < -0.4 is 4.90 Å². The summed E-state index contributed by atoms with van der Waals surface area (Å²) in [6.07, 6.45) is 19.9. The SMILES string of the molecule is CC.CC.CC.CC/C=C/C=C\CCN1C=CN(c2c(CC)cccc2CC)[CH-]1.CCCC.CN(C)Cc1[c-]cccc1.[CH3-].[Pd]. The molecule has 0 amide bonds. The first kappa shape index (κ1) is 52.4. The average molecular weight is 713 g/mol. The molecule has 1 aliphatic rings.